The van der Waals surface area contributed by atoms with Gasteiger partial charge in [0, 0.05) is 5.02 Å². The molecule has 0 aromatic heterocycles. The van der Waals surface area contributed by atoms with Crippen LogP contribution in [0.2, 0.25) is 5.02 Å². The van der Waals surface area contributed by atoms with Crippen LogP contribution in [-0.2, 0) is 0 Å². The minimum absolute atomic E-state index is 0.0375. The van der Waals surface area contributed by atoms with Crippen molar-refractivity contribution in [2.24, 2.45) is 5.73 Å². The summed E-state index contributed by atoms with van der Waals surface area (Å²) in [5, 5.41) is 8.76. The molecule has 1 atom stereocenters. The Morgan fingerprint density at radius 3 is 2.44 bits per heavy atom. The van der Waals surface area contributed by atoms with Gasteiger partial charge in [-0.3, -0.25) is 0 Å². The third kappa shape index (κ3) is 2.65. The van der Waals surface area contributed by atoms with Crippen LogP contribution in [0.15, 0.2) is 18.2 Å². The molecule has 0 saturated carbocycles. The zero-order valence-corrected chi connectivity index (χ0v) is 8.51. The zero-order chi connectivity index (χ0) is 12.5. The fraction of sp³-hybridized carbons (Fsp3) is 0.222. The van der Waals surface area contributed by atoms with Gasteiger partial charge >= 0.3 is 12.1 Å². The van der Waals surface area contributed by atoms with Gasteiger partial charge in [-0.05, 0) is 17.7 Å². The monoisotopic (exact) mass is 253 g/mol. The molecule has 0 spiro atoms. The fourth-order valence-electron chi connectivity index (χ4n) is 1.16. The standard InChI is InChI=1S/C9H7ClF3NO2/c10-4-1-2-5(6(3-4)8(15)16)7(14)9(11,12)13/h1-3,7H,14H2,(H,15,16)/t7-/m0/s1. The van der Waals surface area contributed by atoms with Crippen molar-refractivity contribution in [2.45, 2.75) is 12.2 Å². The second kappa shape index (κ2) is 4.31. The highest BCUT2D eigenvalue weighted by molar-refractivity contribution is 6.31. The first kappa shape index (κ1) is 12.8. The molecule has 16 heavy (non-hydrogen) atoms. The third-order valence-electron chi connectivity index (χ3n) is 1.93. The van der Waals surface area contributed by atoms with Crippen LogP contribution in [-0.4, -0.2) is 17.3 Å². The third-order valence-corrected chi connectivity index (χ3v) is 2.17. The Morgan fingerprint density at radius 2 is 2.00 bits per heavy atom. The molecule has 0 aliphatic rings. The molecule has 0 heterocycles. The SMILES string of the molecule is N[C@@H](c1ccc(Cl)cc1C(=O)O)C(F)(F)F. The number of rotatable bonds is 2. The molecule has 88 valence electrons. The summed E-state index contributed by atoms with van der Waals surface area (Å²) in [6.45, 7) is 0. The van der Waals surface area contributed by atoms with Gasteiger partial charge in [0.25, 0.3) is 0 Å². The number of alkyl halides is 3. The molecule has 0 aliphatic heterocycles. The average Bonchev–Trinajstić information content (AvgIpc) is 2.15. The van der Waals surface area contributed by atoms with Gasteiger partial charge in [0.1, 0.15) is 6.04 Å². The molecule has 0 radical (unpaired) electrons. The van der Waals surface area contributed by atoms with E-state index in [9.17, 15) is 18.0 Å². The molecule has 3 N–H and O–H groups in total. The van der Waals surface area contributed by atoms with Gasteiger partial charge < -0.3 is 10.8 Å². The van der Waals surface area contributed by atoms with Crippen molar-refractivity contribution < 1.29 is 23.1 Å². The molecule has 7 heteroatoms. The number of hydrogen-bond acceptors (Lipinski definition) is 2. The Kier molecular flexibility index (Phi) is 3.44. The molecule has 0 unspecified atom stereocenters. The van der Waals surface area contributed by atoms with Gasteiger partial charge in [0.05, 0.1) is 5.56 Å². The number of nitrogens with two attached hydrogens (primary N) is 1. The molecule has 0 bridgehead atoms. The second-order valence-corrected chi connectivity index (χ2v) is 3.49. The maximum absolute atomic E-state index is 12.3. The lowest BCUT2D eigenvalue weighted by Gasteiger charge is -2.17. The topological polar surface area (TPSA) is 63.3 Å². The summed E-state index contributed by atoms with van der Waals surface area (Å²) in [7, 11) is 0. The van der Waals surface area contributed by atoms with Crippen molar-refractivity contribution in [1.29, 1.82) is 0 Å². The molecule has 0 saturated heterocycles. The predicted octanol–water partition coefficient (Wildman–Crippen LogP) is 2.60. The normalized spacial score (nSPS) is 13.6. The lowest BCUT2D eigenvalue weighted by molar-refractivity contribution is -0.149. The van der Waals surface area contributed by atoms with Crippen LogP contribution in [0, 0.1) is 0 Å². The van der Waals surface area contributed by atoms with Gasteiger partial charge in [0.15, 0.2) is 0 Å². The van der Waals surface area contributed by atoms with Crippen LogP contribution in [0.25, 0.3) is 0 Å². The summed E-state index contributed by atoms with van der Waals surface area (Å²) >= 11 is 5.49. The van der Waals surface area contributed by atoms with E-state index in [-0.39, 0.29) is 5.02 Å². The smallest absolute Gasteiger partial charge is 0.407 e. The van der Waals surface area contributed by atoms with E-state index < -0.39 is 29.3 Å². The zero-order valence-electron chi connectivity index (χ0n) is 7.75. The summed E-state index contributed by atoms with van der Waals surface area (Å²) in [5.74, 6) is -1.50. The highest BCUT2D eigenvalue weighted by Crippen LogP contribution is 2.33. The maximum atomic E-state index is 12.3. The predicted molar refractivity (Wildman–Crippen MR) is 51.4 cm³/mol. The number of benzene rings is 1. The lowest BCUT2D eigenvalue weighted by atomic mass is 10.0. The van der Waals surface area contributed by atoms with E-state index in [4.69, 9.17) is 22.4 Å². The van der Waals surface area contributed by atoms with Crippen LogP contribution in [0.5, 0.6) is 0 Å². The van der Waals surface area contributed by atoms with E-state index in [0.717, 1.165) is 18.2 Å². The number of carboxylic acids is 1. The van der Waals surface area contributed by atoms with E-state index in [1.54, 1.807) is 0 Å². The Labute approximate surface area is 93.6 Å². The van der Waals surface area contributed by atoms with Crippen molar-refractivity contribution in [1.82, 2.24) is 0 Å². The molecular weight excluding hydrogens is 247 g/mol. The van der Waals surface area contributed by atoms with Crippen molar-refractivity contribution in [3.8, 4) is 0 Å². The number of hydrogen-bond donors (Lipinski definition) is 2. The Hall–Kier alpha value is -1.27. The highest BCUT2D eigenvalue weighted by atomic mass is 35.5. The molecule has 1 aromatic carbocycles. The van der Waals surface area contributed by atoms with E-state index in [0.29, 0.717) is 0 Å². The number of halogens is 4. The van der Waals surface area contributed by atoms with E-state index in [1.165, 1.54) is 0 Å². The maximum Gasteiger partial charge on any atom is 0.407 e. The van der Waals surface area contributed by atoms with Gasteiger partial charge in [-0.2, -0.15) is 13.2 Å². The van der Waals surface area contributed by atoms with Gasteiger partial charge in [-0.1, -0.05) is 17.7 Å². The van der Waals surface area contributed by atoms with Crippen LogP contribution in [0.1, 0.15) is 22.0 Å². The van der Waals surface area contributed by atoms with Crippen LogP contribution in [0.3, 0.4) is 0 Å². The highest BCUT2D eigenvalue weighted by Gasteiger charge is 2.39. The van der Waals surface area contributed by atoms with E-state index in [2.05, 4.69) is 0 Å². The molecule has 3 nitrogen and oxygen atoms in total. The summed E-state index contributed by atoms with van der Waals surface area (Å²) in [6.07, 6.45) is -4.70. The molecule has 0 amide bonds. The molecule has 1 rings (SSSR count). The van der Waals surface area contributed by atoms with Crippen LogP contribution >= 0.6 is 11.6 Å². The second-order valence-electron chi connectivity index (χ2n) is 3.06. The first-order valence-electron chi connectivity index (χ1n) is 4.08. The van der Waals surface area contributed by atoms with Crippen LogP contribution < -0.4 is 5.73 Å². The number of aromatic carboxylic acids is 1. The summed E-state index contributed by atoms with van der Waals surface area (Å²) in [4.78, 5) is 10.7. The van der Waals surface area contributed by atoms with Crippen molar-refractivity contribution >= 4 is 17.6 Å². The summed E-state index contributed by atoms with van der Waals surface area (Å²) < 4.78 is 37.0. The summed E-state index contributed by atoms with van der Waals surface area (Å²) in [6, 6.07) is 0.722. The van der Waals surface area contributed by atoms with Gasteiger partial charge in [0.2, 0.25) is 0 Å². The van der Waals surface area contributed by atoms with Crippen molar-refractivity contribution in [3.05, 3.63) is 34.3 Å². The van der Waals surface area contributed by atoms with E-state index in [1.807, 2.05) is 0 Å². The molecule has 1 aromatic rings. The van der Waals surface area contributed by atoms with Gasteiger partial charge in [-0.15, -0.1) is 0 Å². The minimum atomic E-state index is -4.70. The average molecular weight is 254 g/mol. The molecule has 0 aliphatic carbocycles. The Bertz CT molecular complexity index is 420. The molecule has 0 fully saturated rings. The Morgan fingerprint density at radius 1 is 1.44 bits per heavy atom. The minimum Gasteiger partial charge on any atom is -0.478 e. The number of carbonyl (C=O) groups is 1. The number of carboxylic acid groups (broad SMARTS) is 1. The lowest BCUT2D eigenvalue weighted by Crippen LogP contribution is -2.30. The van der Waals surface area contributed by atoms with E-state index >= 15 is 0 Å². The largest absolute Gasteiger partial charge is 0.478 e. The van der Waals surface area contributed by atoms with Crippen LogP contribution in [0.4, 0.5) is 13.2 Å². The first-order chi connectivity index (χ1) is 7.23. The Balaban J connectivity index is 3.28. The fourth-order valence-corrected chi connectivity index (χ4v) is 1.33. The van der Waals surface area contributed by atoms with Crippen molar-refractivity contribution in [2.75, 3.05) is 0 Å². The molecular formula is C9H7ClF3NO2. The van der Waals surface area contributed by atoms with Crippen molar-refractivity contribution in [3.63, 3.8) is 0 Å². The van der Waals surface area contributed by atoms with Gasteiger partial charge in [-0.25, -0.2) is 4.79 Å². The first-order valence-corrected chi connectivity index (χ1v) is 4.46. The quantitative estimate of drug-likeness (QED) is 0.851. The summed E-state index contributed by atoms with van der Waals surface area (Å²) in [5.41, 5.74) is 3.88.